The maximum absolute atomic E-state index is 5.90. The molecule has 1 aliphatic heterocycles. The molecular formula is C13H26O2. The minimum Gasteiger partial charge on any atom is -0.350 e. The van der Waals surface area contributed by atoms with Gasteiger partial charge in [0, 0.05) is 6.42 Å². The van der Waals surface area contributed by atoms with Crippen molar-refractivity contribution in [2.45, 2.75) is 84.2 Å². The van der Waals surface area contributed by atoms with Gasteiger partial charge in [-0.2, -0.15) is 0 Å². The van der Waals surface area contributed by atoms with Gasteiger partial charge in [-0.1, -0.05) is 26.2 Å². The molecule has 0 saturated carbocycles. The van der Waals surface area contributed by atoms with Gasteiger partial charge in [0.05, 0.1) is 11.7 Å². The third-order valence-electron chi connectivity index (χ3n) is 2.91. The van der Waals surface area contributed by atoms with Gasteiger partial charge in [-0.25, -0.2) is 0 Å². The van der Waals surface area contributed by atoms with Crippen LogP contribution in [0.3, 0.4) is 0 Å². The van der Waals surface area contributed by atoms with Gasteiger partial charge in [-0.05, 0) is 33.6 Å². The summed E-state index contributed by atoms with van der Waals surface area (Å²) in [5.41, 5.74) is -0.00686. The third-order valence-corrected chi connectivity index (χ3v) is 2.91. The van der Waals surface area contributed by atoms with E-state index in [1.165, 1.54) is 25.7 Å². The molecule has 0 unspecified atom stereocenters. The first kappa shape index (κ1) is 13.0. The topological polar surface area (TPSA) is 18.5 Å². The Labute approximate surface area is 94.3 Å². The number of hydrogen-bond donors (Lipinski definition) is 0. The highest BCUT2D eigenvalue weighted by atomic mass is 16.7. The van der Waals surface area contributed by atoms with Crippen LogP contribution in [0.15, 0.2) is 0 Å². The predicted octanol–water partition coefficient (Wildman–Crippen LogP) is 3.89. The molecule has 2 atom stereocenters. The second kappa shape index (κ2) is 5.86. The quantitative estimate of drug-likeness (QED) is 0.646. The summed E-state index contributed by atoms with van der Waals surface area (Å²) in [4.78, 5) is 0. The summed E-state index contributed by atoms with van der Waals surface area (Å²) >= 11 is 0. The first-order valence-electron chi connectivity index (χ1n) is 6.37. The Morgan fingerprint density at radius 3 is 2.53 bits per heavy atom. The molecule has 90 valence electrons. The van der Waals surface area contributed by atoms with E-state index in [1.807, 2.05) is 0 Å². The van der Waals surface area contributed by atoms with Crippen LogP contribution in [0.2, 0.25) is 0 Å². The van der Waals surface area contributed by atoms with Gasteiger partial charge in [0.1, 0.15) is 0 Å². The molecule has 1 aliphatic rings. The monoisotopic (exact) mass is 214 g/mol. The van der Waals surface area contributed by atoms with E-state index in [0.29, 0.717) is 6.10 Å². The Morgan fingerprint density at radius 2 is 1.93 bits per heavy atom. The average Bonchev–Trinajstić information content (AvgIpc) is 2.09. The fourth-order valence-electron chi connectivity index (χ4n) is 2.30. The lowest BCUT2D eigenvalue weighted by Crippen LogP contribution is -2.42. The van der Waals surface area contributed by atoms with Crippen LogP contribution in [-0.2, 0) is 9.47 Å². The molecule has 0 aromatic heterocycles. The Bertz CT molecular complexity index is 177. The van der Waals surface area contributed by atoms with E-state index in [2.05, 4.69) is 27.7 Å². The molecule has 0 aromatic rings. The minimum absolute atomic E-state index is 0.00686. The molecular weight excluding hydrogens is 188 g/mol. The third kappa shape index (κ3) is 4.98. The van der Waals surface area contributed by atoms with Crippen molar-refractivity contribution in [3.8, 4) is 0 Å². The molecule has 0 radical (unpaired) electrons. The van der Waals surface area contributed by atoms with Crippen LogP contribution >= 0.6 is 0 Å². The van der Waals surface area contributed by atoms with Crippen LogP contribution in [0, 0.1) is 0 Å². The fourth-order valence-corrected chi connectivity index (χ4v) is 2.30. The van der Waals surface area contributed by atoms with Crippen LogP contribution in [0.25, 0.3) is 0 Å². The van der Waals surface area contributed by atoms with Crippen LogP contribution in [0.4, 0.5) is 0 Å². The Morgan fingerprint density at radius 1 is 1.20 bits per heavy atom. The van der Waals surface area contributed by atoms with Crippen molar-refractivity contribution < 1.29 is 9.47 Å². The van der Waals surface area contributed by atoms with Gasteiger partial charge >= 0.3 is 0 Å². The summed E-state index contributed by atoms with van der Waals surface area (Å²) < 4.78 is 11.7. The first-order chi connectivity index (χ1) is 7.03. The Hall–Kier alpha value is -0.0800. The maximum Gasteiger partial charge on any atom is 0.158 e. The first-order valence-corrected chi connectivity index (χ1v) is 6.37. The van der Waals surface area contributed by atoms with Crippen molar-refractivity contribution >= 4 is 0 Å². The lowest BCUT2D eigenvalue weighted by Gasteiger charge is -2.39. The predicted molar refractivity (Wildman–Crippen MR) is 62.9 cm³/mol. The summed E-state index contributed by atoms with van der Waals surface area (Å²) in [5.74, 6) is 0. The van der Waals surface area contributed by atoms with E-state index < -0.39 is 0 Å². The summed E-state index contributed by atoms with van der Waals surface area (Å²) in [6.07, 6.45) is 7.55. The zero-order chi connectivity index (χ0) is 11.3. The van der Waals surface area contributed by atoms with Gasteiger partial charge in [-0.15, -0.1) is 0 Å². The summed E-state index contributed by atoms with van der Waals surface area (Å²) in [5, 5.41) is 0. The van der Waals surface area contributed by atoms with E-state index in [-0.39, 0.29) is 11.9 Å². The molecule has 1 fully saturated rings. The fraction of sp³-hybridized carbons (Fsp3) is 1.00. The zero-order valence-corrected chi connectivity index (χ0v) is 10.7. The SMILES string of the molecule is CCCCCC[C@H]1O[C@H](C)CC(C)(C)O1. The van der Waals surface area contributed by atoms with E-state index in [0.717, 1.165) is 12.8 Å². The molecule has 1 rings (SSSR count). The van der Waals surface area contributed by atoms with Crippen molar-refractivity contribution in [3.63, 3.8) is 0 Å². The van der Waals surface area contributed by atoms with E-state index in [9.17, 15) is 0 Å². The maximum atomic E-state index is 5.90. The lowest BCUT2D eigenvalue weighted by atomic mass is 9.99. The molecule has 0 bridgehead atoms. The van der Waals surface area contributed by atoms with Gasteiger partial charge in [0.2, 0.25) is 0 Å². The summed E-state index contributed by atoms with van der Waals surface area (Å²) in [6, 6.07) is 0. The van der Waals surface area contributed by atoms with Crippen molar-refractivity contribution in [1.82, 2.24) is 0 Å². The van der Waals surface area contributed by atoms with Crippen LogP contribution in [-0.4, -0.2) is 18.0 Å². The van der Waals surface area contributed by atoms with E-state index in [1.54, 1.807) is 0 Å². The zero-order valence-electron chi connectivity index (χ0n) is 10.7. The van der Waals surface area contributed by atoms with Crippen LogP contribution < -0.4 is 0 Å². The van der Waals surface area contributed by atoms with Gasteiger partial charge in [0.25, 0.3) is 0 Å². The second-order valence-corrected chi connectivity index (χ2v) is 5.31. The number of rotatable bonds is 5. The average molecular weight is 214 g/mol. The molecule has 15 heavy (non-hydrogen) atoms. The van der Waals surface area contributed by atoms with Gasteiger partial charge in [-0.3, -0.25) is 0 Å². The van der Waals surface area contributed by atoms with Crippen molar-refractivity contribution in [2.24, 2.45) is 0 Å². The Kier molecular flexibility index (Phi) is 5.07. The highest BCUT2D eigenvalue weighted by molar-refractivity contribution is 4.77. The standard InChI is InChI=1S/C13H26O2/c1-5-6-7-8-9-12-14-11(2)10-13(3,4)15-12/h11-12H,5-10H2,1-4H3/t11-,12+/m1/s1. The van der Waals surface area contributed by atoms with Crippen molar-refractivity contribution in [3.05, 3.63) is 0 Å². The number of hydrogen-bond acceptors (Lipinski definition) is 2. The van der Waals surface area contributed by atoms with Gasteiger partial charge < -0.3 is 9.47 Å². The normalized spacial score (nSPS) is 30.4. The molecule has 2 heteroatoms. The summed E-state index contributed by atoms with van der Waals surface area (Å²) in [7, 11) is 0. The molecule has 1 heterocycles. The lowest BCUT2D eigenvalue weighted by molar-refractivity contribution is -0.270. The molecule has 0 aliphatic carbocycles. The van der Waals surface area contributed by atoms with Crippen molar-refractivity contribution in [2.75, 3.05) is 0 Å². The van der Waals surface area contributed by atoms with Crippen molar-refractivity contribution in [1.29, 1.82) is 0 Å². The highest BCUT2D eigenvalue weighted by Crippen LogP contribution is 2.29. The van der Waals surface area contributed by atoms with E-state index >= 15 is 0 Å². The molecule has 0 amide bonds. The molecule has 1 saturated heterocycles. The van der Waals surface area contributed by atoms with Crippen LogP contribution in [0.5, 0.6) is 0 Å². The minimum atomic E-state index is -0.00686. The molecule has 0 spiro atoms. The van der Waals surface area contributed by atoms with Gasteiger partial charge in [0.15, 0.2) is 6.29 Å². The highest BCUT2D eigenvalue weighted by Gasteiger charge is 2.32. The molecule has 2 nitrogen and oxygen atoms in total. The smallest absolute Gasteiger partial charge is 0.158 e. The summed E-state index contributed by atoms with van der Waals surface area (Å²) in [6.45, 7) is 8.69. The second-order valence-electron chi connectivity index (χ2n) is 5.31. The van der Waals surface area contributed by atoms with Crippen LogP contribution in [0.1, 0.15) is 66.2 Å². The largest absolute Gasteiger partial charge is 0.350 e. The molecule has 0 N–H and O–H groups in total. The molecule has 0 aromatic carbocycles. The number of unbranched alkanes of at least 4 members (excludes halogenated alkanes) is 3. The van der Waals surface area contributed by atoms with E-state index in [4.69, 9.17) is 9.47 Å². The Balaban J connectivity index is 2.23. The number of ether oxygens (including phenoxy) is 2.